The van der Waals surface area contributed by atoms with E-state index in [2.05, 4.69) is 4.98 Å². The van der Waals surface area contributed by atoms with Gasteiger partial charge in [0, 0.05) is 10.9 Å². The van der Waals surface area contributed by atoms with Gasteiger partial charge in [0.2, 0.25) is 0 Å². The van der Waals surface area contributed by atoms with Gasteiger partial charge in [0.05, 0.1) is 12.1 Å². The molecule has 2 rings (SSSR count). The zero-order valence-corrected chi connectivity index (χ0v) is 10.4. The first kappa shape index (κ1) is 12.3. The van der Waals surface area contributed by atoms with Crippen molar-refractivity contribution in [3.05, 3.63) is 41.3 Å². The van der Waals surface area contributed by atoms with Crippen LogP contribution >= 0.6 is 11.3 Å². The minimum Gasteiger partial charge on any atom is -0.481 e. The van der Waals surface area contributed by atoms with Gasteiger partial charge in [-0.05, 0) is 5.56 Å². The molecule has 0 radical (unpaired) electrons. The number of nitrogen functional groups attached to an aromatic ring is 1. The lowest BCUT2D eigenvalue weighted by Gasteiger charge is -1.97. The molecule has 92 valence electrons. The SMILES string of the molecule is Nc1nc(-c2ccc(C=CCC(=O)O)cc2)cs1. The summed E-state index contributed by atoms with van der Waals surface area (Å²) < 4.78 is 0. The van der Waals surface area contributed by atoms with Crippen molar-refractivity contribution in [2.75, 3.05) is 5.73 Å². The van der Waals surface area contributed by atoms with E-state index in [1.54, 1.807) is 12.2 Å². The number of carboxylic acid groups (broad SMARTS) is 1. The third-order valence-electron chi connectivity index (χ3n) is 2.33. The van der Waals surface area contributed by atoms with E-state index < -0.39 is 5.97 Å². The van der Waals surface area contributed by atoms with E-state index in [0.717, 1.165) is 16.8 Å². The largest absolute Gasteiger partial charge is 0.481 e. The first-order chi connectivity index (χ1) is 8.65. The van der Waals surface area contributed by atoms with E-state index in [4.69, 9.17) is 10.8 Å². The fraction of sp³-hybridized carbons (Fsp3) is 0.0769. The van der Waals surface area contributed by atoms with E-state index in [1.165, 1.54) is 11.3 Å². The highest BCUT2D eigenvalue weighted by atomic mass is 32.1. The van der Waals surface area contributed by atoms with Crippen molar-refractivity contribution in [1.29, 1.82) is 0 Å². The fourth-order valence-corrected chi connectivity index (χ4v) is 2.05. The number of benzene rings is 1. The maximum absolute atomic E-state index is 10.4. The first-order valence-electron chi connectivity index (χ1n) is 5.35. The Morgan fingerprint density at radius 1 is 1.39 bits per heavy atom. The Morgan fingerprint density at radius 3 is 2.67 bits per heavy atom. The number of hydrogen-bond donors (Lipinski definition) is 2. The van der Waals surface area contributed by atoms with Crippen LogP contribution in [-0.2, 0) is 4.79 Å². The molecular weight excluding hydrogens is 248 g/mol. The molecule has 5 heteroatoms. The summed E-state index contributed by atoms with van der Waals surface area (Å²) in [6, 6.07) is 7.72. The number of carboxylic acids is 1. The zero-order valence-electron chi connectivity index (χ0n) is 9.54. The van der Waals surface area contributed by atoms with Crippen LogP contribution in [0, 0.1) is 0 Å². The van der Waals surface area contributed by atoms with E-state index in [0.29, 0.717) is 5.13 Å². The summed E-state index contributed by atoms with van der Waals surface area (Å²) in [5.41, 5.74) is 8.40. The minimum absolute atomic E-state index is 0.0321. The third kappa shape index (κ3) is 3.18. The molecule has 0 fully saturated rings. The van der Waals surface area contributed by atoms with Crippen molar-refractivity contribution in [1.82, 2.24) is 4.98 Å². The highest BCUT2D eigenvalue weighted by molar-refractivity contribution is 7.13. The number of nitrogens with zero attached hydrogens (tertiary/aromatic N) is 1. The smallest absolute Gasteiger partial charge is 0.307 e. The Labute approximate surface area is 108 Å². The van der Waals surface area contributed by atoms with Gasteiger partial charge in [0.25, 0.3) is 0 Å². The van der Waals surface area contributed by atoms with Crippen molar-refractivity contribution in [3.8, 4) is 11.3 Å². The average Bonchev–Trinajstić information content (AvgIpc) is 2.76. The Hall–Kier alpha value is -2.14. The van der Waals surface area contributed by atoms with Crippen molar-refractivity contribution >= 4 is 28.5 Å². The van der Waals surface area contributed by atoms with Crippen LogP contribution in [0.5, 0.6) is 0 Å². The van der Waals surface area contributed by atoms with Gasteiger partial charge in [0.1, 0.15) is 0 Å². The van der Waals surface area contributed by atoms with Crippen molar-refractivity contribution < 1.29 is 9.90 Å². The molecule has 0 saturated carbocycles. The van der Waals surface area contributed by atoms with Crippen LogP contribution in [-0.4, -0.2) is 16.1 Å². The van der Waals surface area contributed by atoms with Crippen molar-refractivity contribution in [2.45, 2.75) is 6.42 Å². The number of anilines is 1. The summed E-state index contributed by atoms with van der Waals surface area (Å²) in [4.78, 5) is 14.6. The Balaban J connectivity index is 2.10. The fourth-order valence-electron chi connectivity index (χ4n) is 1.48. The van der Waals surface area contributed by atoms with Gasteiger partial charge in [-0.25, -0.2) is 4.98 Å². The Kier molecular flexibility index (Phi) is 3.74. The van der Waals surface area contributed by atoms with Crippen LogP contribution < -0.4 is 5.73 Å². The molecule has 4 nitrogen and oxygen atoms in total. The molecule has 1 aromatic carbocycles. The molecule has 0 aliphatic rings. The van der Waals surface area contributed by atoms with Gasteiger partial charge >= 0.3 is 5.97 Å². The molecule has 0 aliphatic heterocycles. The Morgan fingerprint density at radius 2 is 2.11 bits per heavy atom. The normalized spacial score (nSPS) is 10.9. The maximum atomic E-state index is 10.4. The average molecular weight is 260 g/mol. The van der Waals surface area contributed by atoms with Gasteiger partial charge in [-0.15, -0.1) is 11.3 Å². The molecule has 3 N–H and O–H groups in total. The molecule has 1 aromatic heterocycles. The number of aromatic nitrogens is 1. The van der Waals surface area contributed by atoms with E-state index in [-0.39, 0.29) is 6.42 Å². The number of carbonyl (C=O) groups is 1. The molecule has 0 unspecified atom stereocenters. The van der Waals surface area contributed by atoms with E-state index in [1.807, 2.05) is 29.6 Å². The number of hydrogen-bond acceptors (Lipinski definition) is 4. The minimum atomic E-state index is -0.833. The lowest BCUT2D eigenvalue weighted by molar-refractivity contribution is -0.135. The maximum Gasteiger partial charge on any atom is 0.307 e. The highest BCUT2D eigenvalue weighted by Gasteiger charge is 2.01. The van der Waals surface area contributed by atoms with Crippen LogP contribution in [0.2, 0.25) is 0 Å². The number of rotatable bonds is 4. The monoisotopic (exact) mass is 260 g/mol. The molecular formula is C13H12N2O2S. The van der Waals surface area contributed by atoms with Crippen LogP contribution in [0.3, 0.4) is 0 Å². The Bertz CT molecular complexity index is 573. The zero-order chi connectivity index (χ0) is 13.0. The molecule has 0 spiro atoms. The number of aliphatic carboxylic acids is 1. The van der Waals surface area contributed by atoms with Crippen molar-refractivity contribution in [3.63, 3.8) is 0 Å². The van der Waals surface area contributed by atoms with Crippen molar-refractivity contribution in [2.24, 2.45) is 0 Å². The molecule has 0 atom stereocenters. The summed E-state index contributed by atoms with van der Waals surface area (Å²) in [6.45, 7) is 0. The predicted molar refractivity (Wildman–Crippen MR) is 73.2 cm³/mol. The highest BCUT2D eigenvalue weighted by Crippen LogP contribution is 2.23. The quantitative estimate of drug-likeness (QED) is 0.886. The lowest BCUT2D eigenvalue weighted by atomic mass is 10.1. The van der Waals surface area contributed by atoms with Crippen LogP contribution in [0.4, 0.5) is 5.13 Å². The molecule has 2 aromatic rings. The molecule has 0 bridgehead atoms. The molecule has 0 amide bonds. The van der Waals surface area contributed by atoms with Gasteiger partial charge in [-0.3, -0.25) is 4.79 Å². The van der Waals surface area contributed by atoms with Gasteiger partial charge in [-0.2, -0.15) is 0 Å². The van der Waals surface area contributed by atoms with Crippen LogP contribution in [0.1, 0.15) is 12.0 Å². The third-order valence-corrected chi connectivity index (χ3v) is 3.01. The molecule has 18 heavy (non-hydrogen) atoms. The van der Waals surface area contributed by atoms with Gasteiger partial charge in [-0.1, -0.05) is 36.4 Å². The first-order valence-corrected chi connectivity index (χ1v) is 6.23. The lowest BCUT2D eigenvalue weighted by Crippen LogP contribution is -1.89. The molecule has 0 saturated heterocycles. The second-order valence-electron chi connectivity index (χ2n) is 3.69. The summed E-state index contributed by atoms with van der Waals surface area (Å²) >= 11 is 1.41. The summed E-state index contributed by atoms with van der Waals surface area (Å²) in [7, 11) is 0. The summed E-state index contributed by atoms with van der Waals surface area (Å²) in [6.07, 6.45) is 3.44. The van der Waals surface area contributed by atoms with Crippen LogP contribution in [0.25, 0.3) is 17.3 Å². The van der Waals surface area contributed by atoms with Gasteiger partial charge in [0.15, 0.2) is 5.13 Å². The second kappa shape index (κ2) is 5.46. The van der Waals surface area contributed by atoms with E-state index >= 15 is 0 Å². The van der Waals surface area contributed by atoms with Crippen LogP contribution in [0.15, 0.2) is 35.7 Å². The topological polar surface area (TPSA) is 76.2 Å². The number of nitrogens with two attached hydrogens (primary N) is 1. The molecule has 1 heterocycles. The summed E-state index contributed by atoms with van der Waals surface area (Å²) in [5, 5.41) is 11.0. The summed E-state index contributed by atoms with van der Waals surface area (Å²) in [5.74, 6) is -0.833. The molecule has 0 aliphatic carbocycles. The predicted octanol–water partition coefficient (Wildman–Crippen LogP) is 2.88. The van der Waals surface area contributed by atoms with Gasteiger partial charge < -0.3 is 10.8 Å². The number of thiazole rings is 1. The standard InChI is InChI=1S/C13H12N2O2S/c14-13-15-11(8-18-13)10-6-4-9(5-7-10)2-1-3-12(16)17/h1-2,4-8H,3H2,(H2,14,15)(H,16,17). The van der Waals surface area contributed by atoms with E-state index in [9.17, 15) is 4.79 Å². The second-order valence-corrected chi connectivity index (χ2v) is 4.58.